The number of hydrogen-bond donors (Lipinski definition) is 2. The highest BCUT2D eigenvalue weighted by Gasteiger charge is 2.27. The van der Waals surface area contributed by atoms with E-state index in [2.05, 4.69) is 10.0 Å². The largest absolute Gasteiger partial charge is 0.377 e. The number of piperidine rings is 1. The summed E-state index contributed by atoms with van der Waals surface area (Å²) in [6.07, 6.45) is 5.08. The molecule has 3 atom stereocenters. The average Bonchev–Trinajstić information content (AvgIpc) is 2.39. The Morgan fingerprint density at radius 3 is 2.79 bits per heavy atom. The minimum absolute atomic E-state index is 0.00129. The summed E-state index contributed by atoms with van der Waals surface area (Å²) in [6, 6.07) is 0.00129. The van der Waals surface area contributed by atoms with Gasteiger partial charge < -0.3 is 10.1 Å². The van der Waals surface area contributed by atoms with Crippen LogP contribution in [0.15, 0.2) is 0 Å². The fraction of sp³-hybridized carbons (Fsp3) is 1.00. The minimum atomic E-state index is -3.23. The van der Waals surface area contributed by atoms with Crippen molar-refractivity contribution in [2.45, 2.75) is 51.2 Å². The number of ether oxygens (including phenoxy) is 1. The van der Waals surface area contributed by atoms with Crippen molar-refractivity contribution in [3.63, 3.8) is 0 Å². The SMILES string of the molecule is CC(NS(=O)(=O)CC1CCCCO1)C1CCCNC1. The van der Waals surface area contributed by atoms with Crippen molar-refractivity contribution in [2.75, 3.05) is 25.4 Å². The maximum Gasteiger partial charge on any atom is 0.214 e. The molecular weight excluding hydrogens is 264 g/mol. The highest BCUT2D eigenvalue weighted by Crippen LogP contribution is 2.17. The van der Waals surface area contributed by atoms with Crippen LogP contribution in [0.25, 0.3) is 0 Å². The molecule has 2 saturated heterocycles. The number of sulfonamides is 1. The van der Waals surface area contributed by atoms with Gasteiger partial charge in [0.05, 0.1) is 11.9 Å². The van der Waals surface area contributed by atoms with Gasteiger partial charge in [0, 0.05) is 12.6 Å². The van der Waals surface area contributed by atoms with E-state index in [0.29, 0.717) is 12.5 Å². The van der Waals surface area contributed by atoms with Gasteiger partial charge in [-0.15, -0.1) is 0 Å². The summed E-state index contributed by atoms with van der Waals surface area (Å²) in [5, 5.41) is 3.32. The lowest BCUT2D eigenvalue weighted by Gasteiger charge is -2.29. The molecule has 0 bridgehead atoms. The zero-order valence-corrected chi connectivity index (χ0v) is 12.5. The van der Waals surface area contributed by atoms with Crippen molar-refractivity contribution in [1.29, 1.82) is 0 Å². The fourth-order valence-corrected chi connectivity index (χ4v) is 4.52. The summed E-state index contributed by atoms with van der Waals surface area (Å²) in [6.45, 7) is 4.62. The van der Waals surface area contributed by atoms with Crippen LogP contribution in [-0.2, 0) is 14.8 Å². The van der Waals surface area contributed by atoms with E-state index in [0.717, 1.165) is 45.2 Å². The highest BCUT2D eigenvalue weighted by atomic mass is 32.2. The van der Waals surface area contributed by atoms with Gasteiger partial charge in [-0.05, 0) is 58.0 Å². The Morgan fingerprint density at radius 1 is 1.32 bits per heavy atom. The lowest BCUT2D eigenvalue weighted by Crippen LogP contribution is -2.46. The van der Waals surface area contributed by atoms with Gasteiger partial charge in [-0.2, -0.15) is 0 Å². The zero-order valence-electron chi connectivity index (χ0n) is 11.7. The summed E-state index contributed by atoms with van der Waals surface area (Å²) in [4.78, 5) is 0. The maximum absolute atomic E-state index is 12.1. The Bertz CT molecular complexity index is 360. The molecule has 2 heterocycles. The third-order valence-corrected chi connectivity index (χ3v) is 5.63. The molecule has 112 valence electrons. The van der Waals surface area contributed by atoms with E-state index in [1.807, 2.05) is 6.92 Å². The van der Waals surface area contributed by atoms with Crippen molar-refractivity contribution >= 4 is 10.0 Å². The van der Waals surface area contributed by atoms with Gasteiger partial charge in [-0.1, -0.05) is 0 Å². The van der Waals surface area contributed by atoms with E-state index >= 15 is 0 Å². The van der Waals surface area contributed by atoms with Crippen molar-refractivity contribution in [3.8, 4) is 0 Å². The number of rotatable bonds is 5. The Hall–Kier alpha value is -0.170. The molecule has 0 saturated carbocycles. The lowest BCUT2D eigenvalue weighted by molar-refractivity contribution is 0.0303. The van der Waals surface area contributed by atoms with Crippen LogP contribution in [0.1, 0.15) is 39.0 Å². The first-order chi connectivity index (χ1) is 9.07. The van der Waals surface area contributed by atoms with Crippen LogP contribution in [0.2, 0.25) is 0 Å². The summed E-state index contributed by atoms with van der Waals surface area (Å²) in [5.41, 5.74) is 0. The molecule has 0 radical (unpaired) electrons. The molecule has 2 aliphatic heterocycles. The molecule has 0 aliphatic carbocycles. The lowest BCUT2D eigenvalue weighted by atomic mass is 9.94. The van der Waals surface area contributed by atoms with E-state index in [4.69, 9.17) is 4.74 Å². The van der Waals surface area contributed by atoms with E-state index in [9.17, 15) is 8.42 Å². The predicted molar refractivity (Wildman–Crippen MR) is 75.6 cm³/mol. The van der Waals surface area contributed by atoms with Gasteiger partial charge >= 0.3 is 0 Å². The van der Waals surface area contributed by atoms with Gasteiger partial charge in [0.25, 0.3) is 0 Å². The van der Waals surface area contributed by atoms with Gasteiger partial charge in [0.15, 0.2) is 0 Å². The third kappa shape index (κ3) is 5.02. The van der Waals surface area contributed by atoms with E-state index < -0.39 is 10.0 Å². The molecule has 0 aromatic carbocycles. The molecule has 0 aromatic heterocycles. The normalized spacial score (nSPS) is 31.0. The first-order valence-electron chi connectivity index (χ1n) is 7.39. The summed E-state index contributed by atoms with van der Waals surface area (Å²) in [5.74, 6) is 0.508. The van der Waals surface area contributed by atoms with Crippen LogP contribution in [0, 0.1) is 5.92 Å². The quantitative estimate of drug-likeness (QED) is 0.788. The van der Waals surface area contributed by atoms with Crippen molar-refractivity contribution < 1.29 is 13.2 Å². The van der Waals surface area contributed by atoms with Crippen LogP contribution >= 0.6 is 0 Å². The summed E-state index contributed by atoms with van der Waals surface area (Å²) < 4.78 is 32.6. The van der Waals surface area contributed by atoms with Crippen LogP contribution in [0.3, 0.4) is 0 Å². The average molecular weight is 290 g/mol. The Morgan fingerprint density at radius 2 is 2.16 bits per heavy atom. The first kappa shape index (κ1) is 15.2. The monoisotopic (exact) mass is 290 g/mol. The fourth-order valence-electron chi connectivity index (χ4n) is 2.92. The highest BCUT2D eigenvalue weighted by molar-refractivity contribution is 7.89. The van der Waals surface area contributed by atoms with Gasteiger partial charge in [0.2, 0.25) is 10.0 Å². The predicted octanol–water partition coefficient (Wildman–Crippen LogP) is 0.863. The second-order valence-corrected chi connectivity index (χ2v) is 7.58. The van der Waals surface area contributed by atoms with Crippen molar-refractivity contribution in [3.05, 3.63) is 0 Å². The smallest absolute Gasteiger partial charge is 0.214 e. The molecule has 3 unspecified atom stereocenters. The summed E-state index contributed by atoms with van der Waals surface area (Å²) >= 11 is 0. The van der Waals surface area contributed by atoms with Crippen LogP contribution in [-0.4, -0.2) is 46.0 Å². The zero-order chi connectivity index (χ0) is 13.7. The van der Waals surface area contributed by atoms with Crippen LogP contribution in [0.5, 0.6) is 0 Å². The Balaban J connectivity index is 1.81. The van der Waals surface area contributed by atoms with Crippen LogP contribution in [0.4, 0.5) is 0 Å². The Labute approximate surface area is 116 Å². The second kappa shape index (κ2) is 7.02. The molecule has 5 nitrogen and oxygen atoms in total. The van der Waals surface area contributed by atoms with E-state index in [1.165, 1.54) is 0 Å². The molecule has 2 aliphatic rings. The Kier molecular flexibility index (Phi) is 5.62. The third-order valence-electron chi connectivity index (χ3n) is 4.09. The van der Waals surface area contributed by atoms with E-state index in [1.54, 1.807) is 0 Å². The van der Waals surface area contributed by atoms with Crippen molar-refractivity contribution in [1.82, 2.24) is 10.0 Å². The standard InChI is InChI=1S/C13H26N2O3S/c1-11(12-5-4-7-14-9-12)15-19(16,17)10-13-6-2-3-8-18-13/h11-15H,2-10H2,1H3. The number of hydrogen-bond acceptors (Lipinski definition) is 4. The maximum atomic E-state index is 12.1. The van der Waals surface area contributed by atoms with Gasteiger partial charge in [0.1, 0.15) is 0 Å². The first-order valence-corrected chi connectivity index (χ1v) is 9.04. The second-order valence-electron chi connectivity index (χ2n) is 5.78. The molecular formula is C13H26N2O3S. The minimum Gasteiger partial charge on any atom is -0.377 e. The molecule has 0 spiro atoms. The molecule has 2 fully saturated rings. The summed E-state index contributed by atoms with van der Waals surface area (Å²) in [7, 11) is -3.23. The molecule has 0 amide bonds. The number of nitrogens with one attached hydrogen (secondary N) is 2. The molecule has 2 rings (SSSR count). The molecule has 19 heavy (non-hydrogen) atoms. The topological polar surface area (TPSA) is 67.4 Å². The van der Waals surface area contributed by atoms with Crippen molar-refractivity contribution in [2.24, 2.45) is 5.92 Å². The van der Waals surface area contributed by atoms with E-state index in [-0.39, 0.29) is 17.9 Å². The molecule has 2 N–H and O–H groups in total. The molecule has 0 aromatic rings. The van der Waals surface area contributed by atoms with Crippen LogP contribution < -0.4 is 10.0 Å². The van der Waals surface area contributed by atoms with Gasteiger partial charge in [-0.3, -0.25) is 0 Å². The molecule has 6 heteroatoms. The van der Waals surface area contributed by atoms with Gasteiger partial charge in [-0.25, -0.2) is 13.1 Å².